The summed E-state index contributed by atoms with van der Waals surface area (Å²) in [7, 11) is -3.22. The Kier molecular flexibility index (Phi) is 3.30. The smallest absolute Gasteiger partial charge is 0.175 e. The van der Waals surface area contributed by atoms with E-state index >= 15 is 0 Å². The maximum atomic E-state index is 11.6. The molecule has 0 amide bonds. The summed E-state index contributed by atoms with van der Waals surface area (Å²) >= 11 is 0. The highest BCUT2D eigenvalue weighted by atomic mass is 32.2. The Labute approximate surface area is 141 Å². The largest absolute Gasteiger partial charge is 0.366 e. The Bertz CT molecular complexity index is 935. The molecule has 5 nitrogen and oxygen atoms in total. The van der Waals surface area contributed by atoms with Crippen LogP contribution in [-0.4, -0.2) is 43.6 Å². The average Bonchev–Trinajstić information content (AvgIpc) is 3.11. The lowest BCUT2D eigenvalue weighted by Gasteiger charge is -2.33. The molecule has 0 aromatic heterocycles. The third kappa shape index (κ3) is 2.25. The molecule has 0 bridgehead atoms. The molecule has 0 spiro atoms. The van der Waals surface area contributed by atoms with Gasteiger partial charge in [-0.3, -0.25) is 4.99 Å². The summed E-state index contributed by atoms with van der Waals surface area (Å²) in [6.07, 6.45) is 1.57. The highest BCUT2D eigenvalue weighted by molar-refractivity contribution is 7.90. The molecule has 6 heteroatoms. The lowest BCUT2D eigenvalue weighted by atomic mass is 9.94. The Morgan fingerprint density at radius 2 is 1.88 bits per heavy atom. The zero-order valence-electron chi connectivity index (χ0n) is 13.3. The molecule has 2 aliphatic rings. The van der Waals surface area contributed by atoms with Gasteiger partial charge in [0.05, 0.1) is 11.4 Å². The molecule has 0 fully saturated rings. The van der Waals surface area contributed by atoms with E-state index < -0.39 is 15.6 Å². The van der Waals surface area contributed by atoms with Crippen LogP contribution in [-0.2, 0) is 22.0 Å². The van der Waals surface area contributed by atoms with Crippen molar-refractivity contribution < 1.29 is 13.5 Å². The normalized spacial score (nSPS) is 22.2. The molecular formula is C18H18N2O3S. The predicted molar refractivity (Wildman–Crippen MR) is 91.7 cm³/mol. The molecule has 0 aliphatic carbocycles. The highest BCUT2D eigenvalue weighted by Crippen LogP contribution is 2.41. The van der Waals surface area contributed by atoms with Crippen molar-refractivity contribution in [2.75, 3.05) is 19.3 Å². The van der Waals surface area contributed by atoms with Gasteiger partial charge in [0.1, 0.15) is 5.84 Å². The molecule has 4 rings (SSSR count). The van der Waals surface area contributed by atoms with Crippen LogP contribution in [0.1, 0.15) is 16.7 Å². The topological polar surface area (TPSA) is 70.0 Å². The fraction of sp³-hybridized carbons (Fsp3) is 0.278. The summed E-state index contributed by atoms with van der Waals surface area (Å²) in [5, 5.41) is 11.4. The summed E-state index contributed by atoms with van der Waals surface area (Å²) < 4.78 is 23.2. The Hall–Kier alpha value is -2.18. The number of hydrogen-bond acceptors (Lipinski definition) is 5. The predicted octanol–water partition coefficient (Wildman–Crippen LogP) is 1.55. The lowest BCUT2D eigenvalue weighted by molar-refractivity contribution is -0.0637. The number of fused-ring (bicyclic) bond motifs is 3. The molecule has 2 aromatic rings. The van der Waals surface area contributed by atoms with E-state index in [9.17, 15) is 13.5 Å². The van der Waals surface area contributed by atoms with Gasteiger partial charge in [0.15, 0.2) is 15.6 Å². The number of hydrogen-bond donors (Lipinski definition) is 1. The van der Waals surface area contributed by atoms with Crippen molar-refractivity contribution in [3.8, 4) is 0 Å². The van der Waals surface area contributed by atoms with Crippen molar-refractivity contribution in [1.29, 1.82) is 0 Å². The zero-order valence-corrected chi connectivity index (χ0v) is 14.1. The van der Waals surface area contributed by atoms with E-state index in [0.717, 1.165) is 22.5 Å². The summed E-state index contributed by atoms with van der Waals surface area (Å²) in [4.78, 5) is 6.76. The SMILES string of the molecule is CS(=O)(=O)c1ccc(CC2(O)c3ccccc3C3=NCCN32)cc1. The number of sulfone groups is 1. The summed E-state index contributed by atoms with van der Waals surface area (Å²) in [5.41, 5.74) is 1.58. The number of aliphatic imine (C=N–C) groups is 1. The minimum Gasteiger partial charge on any atom is -0.366 e. The van der Waals surface area contributed by atoms with Gasteiger partial charge in [0, 0.05) is 30.3 Å². The van der Waals surface area contributed by atoms with Crippen molar-refractivity contribution in [2.45, 2.75) is 17.0 Å². The van der Waals surface area contributed by atoms with Crippen molar-refractivity contribution in [2.24, 2.45) is 4.99 Å². The van der Waals surface area contributed by atoms with Gasteiger partial charge in [-0.05, 0) is 17.7 Å². The van der Waals surface area contributed by atoms with Gasteiger partial charge in [-0.2, -0.15) is 0 Å². The lowest BCUT2D eigenvalue weighted by Crippen LogP contribution is -2.44. The second-order valence-electron chi connectivity index (χ2n) is 6.31. The molecule has 0 saturated heterocycles. The fourth-order valence-corrected chi connectivity index (χ4v) is 4.17. The number of aliphatic hydroxyl groups is 1. The van der Waals surface area contributed by atoms with Crippen molar-refractivity contribution in [1.82, 2.24) is 4.90 Å². The van der Waals surface area contributed by atoms with Gasteiger partial charge in [0.25, 0.3) is 0 Å². The Balaban J connectivity index is 1.73. The zero-order chi connectivity index (χ0) is 16.9. The fourth-order valence-electron chi connectivity index (χ4n) is 3.54. The van der Waals surface area contributed by atoms with Gasteiger partial charge in [-0.15, -0.1) is 0 Å². The molecule has 124 valence electrons. The van der Waals surface area contributed by atoms with Gasteiger partial charge in [0.2, 0.25) is 0 Å². The third-order valence-electron chi connectivity index (χ3n) is 4.69. The maximum Gasteiger partial charge on any atom is 0.175 e. The van der Waals surface area contributed by atoms with Gasteiger partial charge >= 0.3 is 0 Å². The van der Waals surface area contributed by atoms with Gasteiger partial charge in [-0.25, -0.2) is 8.42 Å². The number of amidine groups is 1. The van der Waals surface area contributed by atoms with E-state index in [1.54, 1.807) is 24.3 Å². The molecule has 2 heterocycles. The van der Waals surface area contributed by atoms with E-state index in [1.807, 2.05) is 29.2 Å². The molecule has 2 aromatic carbocycles. The first-order valence-corrected chi connectivity index (χ1v) is 9.72. The van der Waals surface area contributed by atoms with Crippen LogP contribution in [0.5, 0.6) is 0 Å². The second kappa shape index (κ2) is 5.16. The monoisotopic (exact) mass is 342 g/mol. The summed E-state index contributed by atoms with van der Waals surface area (Å²) in [6.45, 7) is 1.36. The molecule has 0 saturated carbocycles. The van der Waals surface area contributed by atoms with E-state index in [4.69, 9.17) is 0 Å². The van der Waals surface area contributed by atoms with Gasteiger partial charge in [-0.1, -0.05) is 36.4 Å². The van der Waals surface area contributed by atoms with Crippen molar-refractivity contribution >= 4 is 15.7 Å². The minimum atomic E-state index is -3.22. The van der Waals surface area contributed by atoms with Crippen LogP contribution in [0, 0.1) is 0 Å². The van der Waals surface area contributed by atoms with Crippen LogP contribution in [0.15, 0.2) is 58.4 Å². The van der Waals surface area contributed by atoms with E-state index in [-0.39, 0.29) is 4.90 Å². The first kappa shape index (κ1) is 15.4. The van der Waals surface area contributed by atoms with Crippen LogP contribution in [0.4, 0.5) is 0 Å². The minimum absolute atomic E-state index is 0.286. The molecule has 24 heavy (non-hydrogen) atoms. The molecular weight excluding hydrogens is 324 g/mol. The van der Waals surface area contributed by atoms with Crippen LogP contribution in [0.25, 0.3) is 0 Å². The molecule has 1 unspecified atom stereocenters. The standard InChI is InChI=1S/C18H18N2O3S/c1-24(22,23)14-8-6-13(7-9-14)12-18(21)16-5-3-2-4-15(16)17-19-10-11-20(17)18/h2-9,21H,10-12H2,1H3. The molecule has 1 atom stereocenters. The Morgan fingerprint density at radius 1 is 1.17 bits per heavy atom. The van der Waals surface area contributed by atoms with Crippen LogP contribution >= 0.6 is 0 Å². The van der Waals surface area contributed by atoms with Crippen LogP contribution in [0.3, 0.4) is 0 Å². The average molecular weight is 342 g/mol. The first-order valence-electron chi connectivity index (χ1n) is 7.83. The van der Waals surface area contributed by atoms with Gasteiger partial charge < -0.3 is 10.0 Å². The molecule has 2 aliphatic heterocycles. The molecule has 0 radical (unpaired) electrons. The van der Waals surface area contributed by atoms with E-state index in [1.165, 1.54) is 6.26 Å². The maximum absolute atomic E-state index is 11.6. The van der Waals surface area contributed by atoms with Crippen molar-refractivity contribution in [3.63, 3.8) is 0 Å². The van der Waals surface area contributed by atoms with Crippen LogP contribution in [0.2, 0.25) is 0 Å². The summed E-state index contributed by atoms with van der Waals surface area (Å²) in [5.74, 6) is 0.848. The van der Waals surface area contributed by atoms with Crippen LogP contribution < -0.4 is 0 Å². The molecule has 1 N–H and O–H groups in total. The van der Waals surface area contributed by atoms with Crippen molar-refractivity contribution in [3.05, 3.63) is 65.2 Å². The first-order chi connectivity index (χ1) is 11.4. The quantitative estimate of drug-likeness (QED) is 0.919. The number of nitrogens with zero attached hydrogens (tertiary/aromatic N) is 2. The van der Waals surface area contributed by atoms with E-state index in [2.05, 4.69) is 4.99 Å². The van der Waals surface area contributed by atoms with E-state index in [0.29, 0.717) is 19.5 Å². The highest BCUT2D eigenvalue weighted by Gasteiger charge is 2.48. The number of benzene rings is 2. The summed E-state index contributed by atoms with van der Waals surface area (Å²) in [6, 6.07) is 14.5. The second-order valence-corrected chi connectivity index (χ2v) is 8.33. The number of rotatable bonds is 3. The third-order valence-corrected chi connectivity index (χ3v) is 5.82. The Morgan fingerprint density at radius 3 is 2.58 bits per heavy atom.